The molecule has 17 heteroatoms. The number of hydrogen-bond acceptors (Lipinski definition) is 11. The van der Waals surface area contributed by atoms with Gasteiger partial charge in [-0.1, -0.05) is 157 Å². The number of fused-ring (bicyclic) bond motifs is 1. The minimum atomic E-state index is -4.38. The van der Waals surface area contributed by atoms with Crippen LogP contribution < -0.4 is 15.2 Å². The predicted molar refractivity (Wildman–Crippen MR) is 269 cm³/mol. The van der Waals surface area contributed by atoms with E-state index in [-0.39, 0.29) is 35.2 Å². The molecule has 0 bridgehead atoms. The smallest absolute Gasteiger partial charge is 0.448 e. The lowest BCUT2D eigenvalue weighted by Crippen LogP contribution is -2.71. The van der Waals surface area contributed by atoms with E-state index in [1.807, 2.05) is 152 Å². The molecule has 11 nitrogen and oxygen atoms in total. The Kier molecular flexibility index (Phi) is 15.0. The van der Waals surface area contributed by atoms with Crippen LogP contribution in [0.5, 0.6) is 0 Å². The van der Waals surface area contributed by atoms with Crippen LogP contribution in [0.4, 0.5) is 18.3 Å². The zero-order valence-electron chi connectivity index (χ0n) is 38.1. The van der Waals surface area contributed by atoms with Gasteiger partial charge in [0, 0.05) is 33.9 Å². The van der Waals surface area contributed by atoms with E-state index in [9.17, 15) is 27.6 Å². The summed E-state index contributed by atoms with van der Waals surface area (Å²) in [6.07, 6.45) is -2.51. The van der Waals surface area contributed by atoms with Crippen LogP contribution in [0.3, 0.4) is 0 Å². The number of oxime groups is 1. The van der Waals surface area contributed by atoms with Crippen molar-refractivity contribution in [3.05, 3.63) is 226 Å². The topological polar surface area (TPSA) is 126 Å². The second kappa shape index (κ2) is 21.8. The third-order valence-corrected chi connectivity index (χ3v) is 14.9. The van der Waals surface area contributed by atoms with E-state index < -0.39 is 53.6 Å². The van der Waals surface area contributed by atoms with Crippen molar-refractivity contribution < 1.29 is 41.7 Å². The first kappa shape index (κ1) is 48.8. The van der Waals surface area contributed by atoms with Gasteiger partial charge < -0.3 is 20.2 Å². The highest BCUT2D eigenvalue weighted by atomic mass is 32.2. The lowest BCUT2D eigenvalue weighted by Gasteiger charge is -2.49. The van der Waals surface area contributed by atoms with E-state index in [4.69, 9.17) is 14.6 Å². The molecular weight excluding hydrogens is 966 g/mol. The number of amides is 2. The highest BCUT2D eigenvalue weighted by Gasteiger charge is 2.55. The van der Waals surface area contributed by atoms with Crippen molar-refractivity contribution in [3.8, 4) is 0 Å². The first-order valence-electron chi connectivity index (χ1n) is 22.6. The van der Waals surface area contributed by atoms with Crippen LogP contribution >= 0.6 is 34.9 Å². The standard InChI is InChI=1S/C54H45F3N6O5S3/c1-2-67-61-44(43-34-71-52(58-43)60-54(39-22-12-5-13-23-39,40-24-14-6-15-25-40)41-26-16-7-17-27-41)48(64)59-45-49(65)63-46(51(66)68-47(36-18-8-3-9-19-36)37-20-10-4-11-21-37)38(33-70-50(45)63)32-69-42-28-30-62(31-29-42)35-53(55,56)57/h3-31,34,45,47,50H,2,32-33,35H2,1H3,(H-,58,59,60,64)/p+1/b61-44-/t45-,50-/m1/s1. The van der Waals surface area contributed by atoms with Crippen LogP contribution in [0, 0.1) is 0 Å². The number of alkyl halides is 3. The van der Waals surface area contributed by atoms with Crippen molar-refractivity contribution in [2.24, 2.45) is 5.16 Å². The molecule has 360 valence electrons. The normalized spacial score (nSPS) is 16.0. The van der Waals surface area contributed by atoms with Gasteiger partial charge in [0.2, 0.25) is 6.54 Å². The number of esters is 1. The molecule has 1 fully saturated rings. The van der Waals surface area contributed by atoms with E-state index in [0.29, 0.717) is 26.7 Å². The Morgan fingerprint density at radius 2 is 1.35 bits per heavy atom. The maximum Gasteiger partial charge on any atom is 0.448 e. The molecule has 2 aromatic heterocycles. The Labute approximate surface area is 420 Å². The summed E-state index contributed by atoms with van der Waals surface area (Å²) in [5.74, 6) is -1.47. The fourth-order valence-corrected chi connectivity index (χ4v) is 11.6. The minimum Gasteiger partial charge on any atom is -0.448 e. The number of ether oxygens (including phenoxy) is 1. The lowest BCUT2D eigenvalue weighted by atomic mass is 9.77. The summed E-state index contributed by atoms with van der Waals surface area (Å²) in [7, 11) is 0. The molecule has 2 aliphatic rings. The number of nitrogens with one attached hydrogen (secondary N) is 2. The zero-order chi connectivity index (χ0) is 49.4. The SMILES string of the molecule is CCO/N=C(\C(=O)N[C@@H]1C(=O)N2C(C(=O)OC(c3ccccc3)c3ccccc3)=C(CSc3cc[n+](CC(F)(F)F)cc3)CS[C@H]12)c1csc(NC(c2ccccc2)(c2ccccc2)c2ccccc2)n1. The third-order valence-electron chi connectivity index (χ3n) is 11.8. The number of nitrogens with zero attached hydrogens (tertiary/aromatic N) is 4. The molecule has 1 saturated heterocycles. The Morgan fingerprint density at radius 3 is 1.87 bits per heavy atom. The van der Waals surface area contributed by atoms with Gasteiger partial charge in [0.1, 0.15) is 35.0 Å². The second-order valence-corrected chi connectivity index (χ2v) is 19.4. The average Bonchev–Trinajstić information content (AvgIpc) is 3.87. The molecule has 0 unspecified atom stereocenters. The molecule has 2 atom stereocenters. The van der Waals surface area contributed by atoms with Crippen LogP contribution in [0.25, 0.3) is 0 Å². The molecular formula is C54H46F3N6O5S3+. The van der Waals surface area contributed by atoms with Gasteiger partial charge in [0.25, 0.3) is 11.8 Å². The summed E-state index contributed by atoms with van der Waals surface area (Å²) in [6, 6.07) is 50.7. The molecule has 4 heterocycles. The lowest BCUT2D eigenvalue weighted by molar-refractivity contribution is -0.719. The summed E-state index contributed by atoms with van der Waals surface area (Å²) in [5, 5.41) is 12.3. The Morgan fingerprint density at radius 1 is 0.817 bits per heavy atom. The summed E-state index contributed by atoms with van der Waals surface area (Å²) in [4.78, 5) is 55.9. The molecule has 2 N–H and O–H groups in total. The van der Waals surface area contributed by atoms with Gasteiger partial charge in [0.05, 0.1) is 0 Å². The molecule has 9 rings (SSSR count). The summed E-state index contributed by atoms with van der Waals surface area (Å²) in [5.41, 5.74) is 4.12. The van der Waals surface area contributed by atoms with Crippen LogP contribution in [0.2, 0.25) is 0 Å². The quantitative estimate of drug-likeness (QED) is 0.0164. The Hall–Kier alpha value is -7.21. The highest BCUT2D eigenvalue weighted by molar-refractivity contribution is 8.01. The van der Waals surface area contributed by atoms with Crippen LogP contribution in [0.15, 0.2) is 203 Å². The van der Waals surface area contributed by atoms with Gasteiger partial charge in [-0.15, -0.1) is 34.9 Å². The second-order valence-electron chi connectivity index (χ2n) is 16.4. The number of benzene rings is 5. The molecule has 5 aromatic carbocycles. The van der Waals surface area contributed by atoms with Crippen molar-refractivity contribution in [2.75, 3.05) is 23.4 Å². The van der Waals surface area contributed by atoms with Gasteiger partial charge in [-0.05, 0) is 40.3 Å². The fraction of sp³-hybridized carbons (Fsp3) is 0.185. The number of anilines is 1. The van der Waals surface area contributed by atoms with E-state index in [2.05, 4.69) is 15.8 Å². The predicted octanol–water partition coefficient (Wildman–Crippen LogP) is 9.92. The van der Waals surface area contributed by atoms with Crippen molar-refractivity contribution in [1.82, 2.24) is 15.2 Å². The average molecular weight is 1010 g/mol. The Balaban J connectivity index is 0.988. The number of carbonyl (C=O) groups excluding carboxylic acids is 3. The first-order valence-corrected chi connectivity index (χ1v) is 25.5. The van der Waals surface area contributed by atoms with Crippen LogP contribution in [-0.4, -0.2) is 69.1 Å². The number of carbonyl (C=O) groups is 3. The van der Waals surface area contributed by atoms with Gasteiger partial charge in [-0.3, -0.25) is 14.5 Å². The Bertz CT molecular complexity index is 2890. The molecule has 7 aromatic rings. The molecule has 2 amide bonds. The zero-order valence-corrected chi connectivity index (χ0v) is 40.5. The molecule has 0 saturated carbocycles. The number of hydrogen-bond donors (Lipinski definition) is 2. The summed E-state index contributed by atoms with van der Waals surface area (Å²) < 4.78 is 46.6. The number of thiazole rings is 1. The van der Waals surface area contributed by atoms with Crippen molar-refractivity contribution in [3.63, 3.8) is 0 Å². The largest absolute Gasteiger partial charge is 0.448 e. The monoisotopic (exact) mass is 1010 g/mol. The van der Waals surface area contributed by atoms with Crippen molar-refractivity contribution >= 4 is 63.5 Å². The number of halogens is 3. The van der Waals surface area contributed by atoms with Gasteiger partial charge in [-0.2, -0.15) is 17.7 Å². The molecule has 0 spiro atoms. The molecule has 2 aliphatic heterocycles. The number of thioether (sulfide) groups is 2. The third kappa shape index (κ3) is 10.9. The van der Waals surface area contributed by atoms with E-state index in [0.717, 1.165) is 21.3 Å². The maximum absolute atomic E-state index is 14.7. The van der Waals surface area contributed by atoms with Gasteiger partial charge >= 0.3 is 12.1 Å². The number of aromatic nitrogens is 2. The number of pyridine rings is 1. The maximum atomic E-state index is 14.7. The van der Waals surface area contributed by atoms with Crippen molar-refractivity contribution in [1.29, 1.82) is 0 Å². The van der Waals surface area contributed by atoms with Crippen molar-refractivity contribution in [2.45, 2.75) is 47.6 Å². The minimum absolute atomic E-state index is 0.0498. The number of rotatable bonds is 18. The summed E-state index contributed by atoms with van der Waals surface area (Å²) in [6.45, 7) is 0.758. The first-order chi connectivity index (χ1) is 34.5. The number of β-lactam (4-membered cyclic amide) rings is 1. The van der Waals surface area contributed by atoms with E-state index in [1.54, 1.807) is 24.4 Å². The van der Waals surface area contributed by atoms with Crippen LogP contribution in [-0.2, 0) is 36.0 Å². The summed E-state index contributed by atoms with van der Waals surface area (Å²) >= 11 is 3.97. The molecule has 0 radical (unpaired) electrons. The highest BCUT2D eigenvalue weighted by Crippen LogP contribution is 2.44. The van der Waals surface area contributed by atoms with Crippen LogP contribution in [0.1, 0.15) is 46.5 Å². The van der Waals surface area contributed by atoms with E-state index >= 15 is 0 Å². The van der Waals surface area contributed by atoms with E-state index in [1.165, 1.54) is 52.2 Å². The van der Waals surface area contributed by atoms with Gasteiger partial charge in [0.15, 0.2) is 29.3 Å². The van der Waals surface area contributed by atoms with Gasteiger partial charge in [-0.25, -0.2) is 9.78 Å². The molecule has 71 heavy (non-hydrogen) atoms. The molecule has 0 aliphatic carbocycles. The fourth-order valence-electron chi connectivity index (χ4n) is 8.48.